The Kier molecular flexibility index (Phi) is 8.31. The van der Waals surface area contributed by atoms with Crippen LogP contribution in [0.3, 0.4) is 0 Å². The third-order valence-corrected chi connectivity index (χ3v) is 8.38. The van der Waals surface area contributed by atoms with Gasteiger partial charge in [0.15, 0.2) is 11.5 Å². The van der Waals surface area contributed by atoms with Crippen LogP contribution in [0.2, 0.25) is 0 Å². The molecule has 2 aliphatic rings. The Labute approximate surface area is 247 Å². The van der Waals surface area contributed by atoms with Crippen molar-refractivity contribution in [3.8, 4) is 5.88 Å². The number of amides is 1. The van der Waals surface area contributed by atoms with Crippen molar-refractivity contribution < 1.29 is 22.7 Å². The van der Waals surface area contributed by atoms with Crippen molar-refractivity contribution in [1.29, 1.82) is 0 Å². The largest absolute Gasteiger partial charge is 0.481 e. The molecule has 0 radical (unpaired) electrons. The van der Waals surface area contributed by atoms with Crippen LogP contribution in [-0.4, -0.2) is 86.9 Å². The van der Waals surface area contributed by atoms with Gasteiger partial charge in [-0.3, -0.25) is 14.6 Å². The van der Waals surface area contributed by atoms with Crippen LogP contribution >= 0.6 is 0 Å². The summed E-state index contributed by atoms with van der Waals surface area (Å²) in [5.74, 6) is 1.11. The zero-order valence-corrected chi connectivity index (χ0v) is 24.0. The molecule has 1 amide bonds. The molecule has 1 aromatic carbocycles. The van der Waals surface area contributed by atoms with Gasteiger partial charge in [-0.2, -0.15) is 13.2 Å². The molecule has 2 saturated heterocycles. The van der Waals surface area contributed by atoms with E-state index in [1.807, 2.05) is 18.5 Å². The number of piperidine rings is 1. The first-order valence-corrected chi connectivity index (χ1v) is 14.5. The number of H-pyrrole nitrogens is 1. The highest BCUT2D eigenvalue weighted by Gasteiger charge is 2.30. The molecule has 6 rings (SSSR count). The Morgan fingerprint density at radius 3 is 2.23 bits per heavy atom. The van der Waals surface area contributed by atoms with E-state index in [2.05, 4.69) is 41.9 Å². The summed E-state index contributed by atoms with van der Waals surface area (Å²) in [7, 11) is 1.61. The topological polar surface area (TPSA) is 90.5 Å². The van der Waals surface area contributed by atoms with Crippen molar-refractivity contribution in [2.24, 2.45) is 0 Å². The van der Waals surface area contributed by atoms with Crippen molar-refractivity contribution >= 4 is 17.1 Å². The quantitative estimate of drug-likeness (QED) is 0.332. The molecule has 0 saturated carbocycles. The van der Waals surface area contributed by atoms with E-state index in [-0.39, 0.29) is 11.7 Å². The maximum Gasteiger partial charge on any atom is 0.416 e. The Balaban J connectivity index is 1.01. The maximum atomic E-state index is 13.2. The average molecular weight is 594 g/mol. The van der Waals surface area contributed by atoms with Gasteiger partial charge < -0.3 is 14.6 Å². The molecule has 226 valence electrons. The van der Waals surface area contributed by atoms with Gasteiger partial charge in [-0.15, -0.1) is 0 Å². The number of ether oxygens (including phenoxy) is 1. The molecule has 2 aliphatic heterocycles. The molecule has 0 unspecified atom stereocenters. The van der Waals surface area contributed by atoms with Gasteiger partial charge in [0.05, 0.1) is 18.2 Å². The van der Waals surface area contributed by atoms with E-state index in [1.165, 1.54) is 12.1 Å². The van der Waals surface area contributed by atoms with Crippen molar-refractivity contribution in [2.45, 2.75) is 38.0 Å². The number of likely N-dealkylation sites (tertiary alicyclic amines) is 1. The van der Waals surface area contributed by atoms with Gasteiger partial charge in [0.25, 0.3) is 5.91 Å². The summed E-state index contributed by atoms with van der Waals surface area (Å²) in [5.41, 5.74) is 3.76. The number of imidazole rings is 1. The highest BCUT2D eigenvalue weighted by Crippen LogP contribution is 2.31. The summed E-state index contributed by atoms with van der Waals surface area (Å²) in [5, 5.41) is 0. The minimum absolute atomic E-state index is 0.171. The average Bonchev–Trinajstić information content (AvgIpc) is 3.45. The number of aromatic nitrogens is 4. The number of rotatable bonds is 7. The number of carbonyl (C=O) groups is 1. The van der Waals surface area contributed by atoms with Crippen LogP contribution < -0.4 is 4.74 Å². The summed E-state index contributed by atoms with van der Waals surface area (Å²) < 4.78 is 43.7. The number of alkyl halides is 3. The SMILES string of the molecule is COc1ccc(CN2CCC(c3cnc4nc(C(=O)N5CCN(Cc6ccc(C(F)(F)F)cc6)CC5)[nH]c4c3)CC2)cn1. The number of carbonyl (C=O) groups excluding carboxylic acids is 1. The van der Waals surface area contributed by atoms with Crippen molar-refractivity contribution in [2.75, 3.05) is 46.4 Å². The molecule has 0 aliphatic carbocycles. The second kappa shape index (κ2) is 12.3. The Hall–Kier alpha value is -4.03. The number of methoxy groups -OCH3 is 1. The van der Waals surface area contributed by atoms with Crippen LogP contribution in [-0.2, 0) is 19.3 Å². The first-order chi connectivity index (χ1) is 20.7. The van der Waals surface area contributed by atoms with E-state index >= 15 is 0 Å². The zero-order valence-electron chi connectivity index (χ0n) is 24.0. The summed E-state index contributed by atoms with van der Waals surface area (Å²) in [6, 6.07) is 11.3. The van der Waals surface area contributed by atoms with Gasteiger partial charge >= 0.3 is 6.18 Å². The summed E-state index contributed by atoms with van der Waals surface area (Å²) >= 11 is 0. The third kappa shape index (κ3) is 6.80. The molecule has 4 aromatic rings. The van der Waals surface area contributed by atoms with E-state index in [0.717, 1.165) is 66.8 Å². The van der Waals surface area contributed by atoms with E-state index in [1.54, 1.807) is 12.0 Å². The molecule has 0 spiro atoms. The van der Waals surface area contributed by atoms with E-state index < -0.39 is 11.7 Å². The van der Waals surface area contributed by atoms with Gasteiger partial charge in [-0.25, -0.2) is 15.0 Å². The van der Waals surface area contributed by atoms with Gasteiger partial charge in [0, 0.05) is 57.7 Å². The van der Waals surface area contributed by atoms with Crippen molar-refractivity contribution in [3.05, 3.63) is 82.9 Å². The van der Waals surface area contributed by atoms with Gasteiger partial charge in [-0.05, 0) is 66.7 Å². The number of pyridine rings is 2. The van der Waals surface area contributed by atoms with Crippen molar-refractivity contribution in [1.82, 2.24) is 34.6 Å². The van der Waals surface area contributed by atoms with Crippen molar-refractivity contribution in [3.63, 3.8) is 0 Å². The molecule has 0 atom stereocenters. The number of halogens is 3. The van der Waals surface area contributed by atoms with E-state index in [9.17, 15) is 18.0 Å². The van der Waals surface area contributed by atoms with Crippen LogP contribution in [0.5, 0.6) is 5.88 Å². The number of piperazine rings is 1. The molecule has 1 N–H and O–H groups in total. The molecule has 3 aromatic heterocycles. The number of benzene rings is 1. The molecular weight excluding hydrogens is 559 g/mol. The van der Waals surface area contributed by atoms with Crippen LogP contribution in [0.25, 0.3) is 11.2 Å². The highest BCUT2D eigenvalue weighted by atomic mass is 19.4. The molecule has 0 bridgehead atoms. The summed E-state index contributed by atoms with van der Waals surface area (Å²) in [6.07, 6.45) is 1.45. The minimum atomic E-state index is -4.34. The molecule has 2 fully saturated rings. The Morgan fingerprint density at radius 1 is 0.907 bits per heavy atom. The fourth-order valence-corrected chi connectivity index (χ4v) is 5.86. The molecule has 12 heteroatoms. The molecule has 43 heavy (non-hydrogen) atoms. The lowest BCUT2D eigenvalue weighted by Gasteiger charge is -2.34. The lowest BCUT2D eigenvalue weighted by molar-refractivity contribution is -0.137. The predicted molar refractivity (Wildman–Crippen MR) is 155 cm³/mol. The number of aromatic amines is 1. The highest BCUT2D eigenvalue weighted by molar-refractivity contribution is 5.93. The first-order valence-electron chi connectivity index (χ1n) is 14.5. The monoisotopic (exact) mass is 593 g/mol. The molecule has 9 nitrogen and oxygen atoms in total. The number of fused-ring (bicyclic) bond motifs is 1. The molecule has 5 heterocycles. The van der Waals surface area contributed by atoms with Gasteiger partial charge in [-0.1, -0.05) is 18.2 Å². The second-order valence-electron chi connectivity index (χ2n) is 11.2. The standard InChI is InChI=1S/C31H34F3N7O2/c1-43-27-7-4-22(17-35-27)20-39-10-8-23(9-11-39)24-16-26-28(36-18-24)38-29(37-26)30(42)41-14-12-40(13-15-41)19-21-2-5-25(6-3-21)31(32,33)34/h2-7,16-18,23H,8-15,19-20H2,1H3,(H,36,37,38). The van der Waals surface area contributed by atoms with Crippen LogP contribution in [0.1, 0.15) is 51.6 Å². The Bertz CT molecular complexity index is 1540. The summed E-state index contributed by atoms with van der Waals surface area (Å²) in [6.45, 7) is 5.64. The lowest BCUT2D eigenvalue weighted by Crippen LogP contribution is -2.48. The predicted octanol–water partition coefficient (Wildman–Crippen LogP) is 4.72. The number of nitrogens with zero attached hydrogens (tertiary/aromatic N) is 6. The third-order valence-electron chi connectivity index (χ3n) is 8.38. The smallest absolute Gasteiger partial charge is 0.416 e. The number of hydrogen-bond donors (Lipinski definition) is 1. The first kappa shape index (κ1) is 29.1. The van der Waals surface area contributed by atoms with Gasteiger partial charge in [0.1, 0.15) is 0 Å². The molecular formula is C31H34F3N7O2. The number of nitrogens with one attached hydrogen (secondary N) is 1. The van der Waals surface area contributed by atoms with Crippen LogP contribution in [0.15, 0.2) is 54.9 Å². The summed E-state index contributed by atoms with van der Waals surface area (Å²) in [4.78, 5) is 36.1. The minimum Gasteiger partial charge on any atom is -0.481 e. The lowest BCUT2D eigenvalue weighted by atomic mass is 9.90. The fourth-order valence-electron chi connectivity index (χ4n) is 5.86. The maximum absolute atomic E-state index is 13.2. The van der Waals surface area contributed by atoms with E-state index in [0.29, 0.717) is 50.2 Å². The second-order valence-corrected chi connectivity index (χ2v) is 11.2. The fraction of sp³-hybridized carbons (Fsp3) is 0.419. The zero-order chi connectivity index (χ0) is 30.0. The normalized spacial score (nSPS) is 17.4. The number of hydrogen-bond acceptors (Lipinski definition) is 7. The van der Waals surface area contributed by atoms with Crippen LogP contribution in [0.4, 0.5) is 13.2 Å². The van der Waals surface area contributed by atoms with E-state index in [4.69, 9.17) is 4.74 Å². The van der Waals surface area contributed by atoms with Gasteiger partial charge in [0.2, 0.25) is 5.88 Å². The van der Waals surface area contributed by atoms with Crippen LogP contribution in [0, 0.1) is 0 Å². The Morgan fingerprint density at radius 2 is 1.58 bits per heavy atom.